The van der Waals surface area contributed by atoms with Crippen molar-refractivity contribution in [3.63, 3.8) is 0 Å². The summed E-state index contributed by atoms with van der Waals surface area (Å²) in [5, 5.41) is 3.21. The van der Waals surface area contributed by atoms with Gasteiger partial charge >= 0.3 is 0 Å². The Hall–Kier alpha value is -1.07. The maximum atomic E-state index is 12.2. The summed E-state index contributed by atoms with van der Waals surface area (Å²) >= 11 is 3.48. The Morgan fingerprint density at radius 3 is 2.60 bits per heavy atom. The lowest BCUT2D eigenvalue weighted by molar-refractivity contribution is -0.131. The highest BCUT2D eigenvalue weighted by Gasteiger charge is 2.19. The molecule has 0 aliphatic carbocycles. The summed E-state index contributed by atoms with van der Waals surface area (Å²) in [7, 11) is 0. The van der Waals surface area contributed by atoms with Crippen molar-refractivity contribution in [2.45, 2.75) is 13.8 Å². The number of nitrogens with one attached hydrogen (secondary N) is 1. The van der Waals surface area contributed by atoms with Crippen molar-refractivity contribution < 1.29 is 4.79 Å². The van der Waals surface area contributed by atoms with Gasteiger partial charge in [0.25, 0.3) is 0 Å². The molecule has 1 heterocycles. The molecule has 1 N–H and O–H groups in total. The number of halogens is 1. The summed E-state index contributed by atoms with van der Waals surface area (Å²) in [5.74, 6) is 0.182. The average Bonchev–Trinajstić information content (AvgIpc) is 2.48. The number of carbonyl (C=O) groups excluding carboxylic acids is 1. The van der Waals surface area contributed by atoms with E-state index in [1.807, 2.05) is 30.0 Å². The van der Waals surface area contributed by atoms with Crippen molar-refractivity contribution >= 4 is 27.5 Å². The lowest BCUT2D eigenvalue weighted by atomic mass is 10.2. The molecule has 0 atom stereocenters. The van der Waals surface area contributed by atoms with E-state index in [4.69, 9.17) is 0 Å². The SMILES string of the molecule is CCN1CCN(C(=O)CNc2ccc(Br)c(C)c2)CC1. The number of carbonyl (C=O) groups is 1. The smallest absolute Gasteiger partial charge is 0.241 e. The molecule has 0 radical (unpaired) electrons. The van der Waals surface area contributed by atoms with Crippen molar-refractivity contribution in [2.75, 3.05) is 44.6 Å². The molecule has 110 valence electrons. The molecule has 5 heteroatoms. The lowest BCUT2D eigenvalue weighted by Gasteiger charge is -2.34. The number of nitrogens with zero attached hydrogens (tertiary/aromatic N) is 2. The molecule has 4 nitrogen and oxygen atoms in total. The van der Waals surface area contributed by atoms with Gasteiger partial charge in [0.2, 0.25) is 5.91 Å². The molecule has 0 spiro atoms. The topological polar surface area (TPSA) is 35.6 Å². The molecule has 20 heavy (non-hydrogen) atoms. The normalized spacial score (nSPS) is 16.2. The number of piperazine rings is 1. The number of rotatable bonds is 4. The van der Waals surface area contributed by atoms with E-state index in [0.717, 1.165) is 42.9 Å². The quantitative estimate of drug-likeness (QED) is 0.914. The van der Waals surface area contributed by atoms with Gasteiger partial charge in [-0.3, -0.25) is 4.79 Å². The van der Waals surface area contributed by atoms with E-state index < -0.39 is 0 Å². The monoisotopic (exact) mass is 339 g/mol. The van der Waals surface area contributed by atoms with E-state index in [1.54, 1.807) is 0 Å². The summed E-state index contributed by atoms with van der Waals surface area (Å²) in [6, 6.07) is 6.04. The van der Waals surface area contributed by atoms with Crippen LogP contribution in [0.2, 0.25) is 0 Å². The van der Waals surface area contributed by atoms with Crippen molar-refractivity contribution in [1.29, 1.82) is 0 Å². The highest BCUT2D eigenvalue weighted by molar-refractivity contribution is 9.10. The van der Waals surface area contributed by atoms with Crippen LogP contribution in [0.15, 0.2) is 22.7 Å². The van der Waals surface area contributed by atoms with Crippen LogP contribution >= 0.6 is 15.9 Å². The van der Waals surface area contributed by atoms with Gasteiger partial charge in [-0.2, -0.15) is 0 Å². The Morgan fingerprint density at radius 1 is 1.30 bits per heavy atom. The van der Waals surface area contributed by atoms with E-state index in [1.165, 1.54) is 5.56 Å². The van der Waals surface area contributed by atoms with E-state index in [9.17, 15) is 4.79 Å². The Kier molecular flexibility index (Phi) is 5.43. The van der Waals surface area contributed by atoms with E-state index in [-0.39, 0.29) is 5.91 Å². The van der Waals surface area contributed by atoms with Crippen LogP contribution in [0.3, 0.4) is 0 Å². The lowest BCUT2D eigenvalue weighted by Crippen LogP contribution is -2.49. The van der Waals surface area contributed by atoms with Crippen molar-refractivity contribution in [3.05, 3.63) is 28.2 Å². The number of aryl methyl sites for hydroxylation is 1. The zero-order valence-electron chi connectivity index (χ0n) is 12.2. The maximum Gasteiger partial charge on any atom is 0.241 e. The highest BCUT2D eigenvalue weighted by atomic mass is 79.9. The van der Waals surface area contributed by atoms with Gasteiger partial charge in [0.1, 0.15) is 0 Å². The Balaban J connectivity index is 1.81. The van der Waals surface area contributed by atoms with Crippen LogP contribution in [0.5, 0.6) is 0 Å². The second-order valence-electron chi connectivity index (χ2n) is 5.13. The average molecular weight is 340 g/mol. The molecule has 1 aromatic carbocycles. The molecule has 0 unspecified atom stereocenters. The molecule has 0 bridgehead atoms. The van der Waals surface area contributed by atoms with Gasteiger partial charge in [-0.05, 0) is 37.2 Å². The minimum Gasteiger partial charge on any atom is -0.376 e. The molecule has 1 aliphatic rings. The molecule has 1 amide bonds. The third kappa shape index (κ3) is 3.96. The van der Waals surface area contributed by atoms with E-state index >= 15 is 0 Å². The highest BCUT2D eigenvalue weighted by Crippen LogP contribution is 2.19. The van der Waals surface area contributed by atoms with Crippen LogP contribution in [0.4, 0.5) is 5.69 Å². The van der Waals surface area contributed by atoms with Gasteiger partial charge in [0.15, 0.2) is 0 Å². The van der Waals surface area contributed by atoms with Gasteiger partial charge < -0.3 is 15.1 Å². The van der Waals surface area contributed by atoms with E-state index in [0.29, 0.717) is 6.54 Å². The second kappa shape index (κ2) is 7.09. The van der Waals surface area contributed by atoms with Crippen LogP contribution < -0.4 is 5.32 Å². The Labute approximate surface area is 129 Å². The molecule has 1 fully saturated rings. The fourth-order valence-corrected chi connectivity index (χ4v) is 2.60. The van der Waals surface area contributed by atoms with Crippen molar-refractivity contribution in [1.82, 2.24) is 9.80 Å². The molecule has 1 aliphatic heterocycles. The summed E-state index contributed by atoms with van der Waals surface area (Å²) in [4.78, 5) is 16.5. The number of anilines is 1. The van der Waals surface area contributed by atoms with Crippen LogP contribution in [-0.4, -0.2) is 55.0 Å². The summed E-state index contributed by atoms with van der Waals surface area (Å²) < 4.78 is 1.09. The minimum atomic E-state index is 0.182. The summed E-state index contributed by atoms with van der Waals surface area (Å²) in [5.41, 5.74) is 2.16. The van der Waals surface area contributed by atoms with Gasteiger partial charge in [0, 0.05) is 36.3 Å². The molecule has 1 saturated heterocycles. The predicted molar refractivity (Wildman–Crippen MR) is 86.1 cm³/mol. The molecule has 2 rings (SSSR count). The first-order valence-electron chi connectivity index (χ1n) is 7.10. The largest absolute Gasteiger partial charge is 0.376 e. The van der Waals surface area contributed by atoms with Crippen LogP contribution in [0.1, 0.15) is 12.5 Å². The minimum absolute atomic E-state index is 0.182. The zero-order chi connectivity index (χ0) is 14.5. The zero-order valence-corrected chi connectivity index (χ0v) is 13.7. The number of amides is 1. The molecule has 0 aromatic heterocycles. The first kappa shape index (κ1) is 15.3. The first-order chi connectivity index (χ1) is 9.60. The Bertz CT molecular complexity index is 470. The second-order valence-corrected chi connectivity index (χ2v) is 5.99. The third-order valence-electron chi connectivity index (χ3n) is 3.77. The molecular weight excluding hydrogens is 318 g/mol. The van der Waals surface area contributed by atoms with E-state index in [2.05, 4.69) is 33.1 Å². The van der Waals surface area contributed by atoms with Crippen molar-refractivity contribution in [3.8, 4) is 0 Å². The fraction of sp³-hybridized carbons (Fsp3) is 0.533. The van der Waals surface area contributed by atoms with Gasteiger partial charge in [-0.25, -0.2) is 0 Å². The van der Waals surface area contributed by atoms with Gasteiger partial charge in [-0.15, -0.1) is 0 Å². The summed E-state index contributed by atoms with van der Waals surface area (Å²) in [6.07, 6.45) is 0. The molecule has 1 aromatic rings. The Morgan fingerprint density at radius 2 is 2.00 bits per heavy atom. The van der Waals surface area contributed by atoms with Crippen molar-refractivity contribution in [2.24, 2.45) is 0 Å². The summed E-state index contributed by atoms with van der Waals surface area (Å²) in [6.45, 7) is 9.29. The first-order valence-corrected chi connectivity index (χ1v) is 7.89. The predicted octanol–water partition coefficient (Wildman–Crippen LogP) is 2.33. The number of hydrogen-bond acceptors (Lipinski definition) is 3. The number of likely N-dealkylation sites (N-methyl/N-ethyl adjacent to an activating group) is 1. The molecular formula is C15H22BrN3O. The number of hydrogen-bond donors (Lipinski definition) is 1. The third-order valence-corrected chi connectivity index (χ3v) is 4.66. The number of benzene rings is 1. The fourth-order valence-electron chi connectivity index (χ4n) is 2.36. The van der Waals surface area contributed by atoms with Gasteiger partial charge in [-0.1, -0.05) is 22.9 Å². The standard InChI is InChI=1S/C15H22BrN3O/c1-3-18-6-8-19(9-7-18)15(20)11-17-13-4-5-14(16)12(2)10-13/h4-5,10,17H,3,6-9,11H2,1-2H3. The molecule has 0 saturated carbocycles. The van der Waals surface area contributed by atoms with Crippen LogP contribution in [0.25, 0.3) is 0 Å². The van der Waals surface area contributed by atoms with Crippen LogP contribution in [0, 0.1) is 6.92 Å². The van der Waals surface area contributed by atoms with Crippen LogP contribution in [-0.2, 0) is 4.79 Å². The maximum absolute atomic E-state index is 12.2. The van der Waals surface area contributed by atoms with Gasteiger partial charge in [0.05, 0.1) is 6.54 Å².